The normalized spacial score (nSPS) is 12.3. The maximum absolute atomic E-state index is 19.0. The van der Waals surface area contributed by atoms with Crippen molar-refractivity contribution in [3.63, 3.8) is 0 Å². The largest absolute Gasteiger partial charge is 0.479 e. The summed E-state index contributed by atoms with van der Waals surface area (Å²) >= 11 is 0. The number of aryl methyl sites for hydroxylation is 12. The summed E-state index contributed by atoms with van der Waals surface area (Å²) in [4.78, 5) is 0. The molecule has 428 valence electrons. The molecule has 0 aliphatic rings. The van der Waals surface area contributed by atoms with Crippen molar-refractivity contribution in [2.24, 2.45) is 0 Å². The zero-order valence-corrected chi connectivity index (χ0v) is 53.1. The van der Waals surface area contributed by atoms with E-state index in [4.69, 9.17) is 33.3 Å². The Morgan fingerprint density at radius 3 is 0.675 bits per heavy atom. The van der Waals surface area contributed by atoms with Gasteiger partial charge in [-0.25, -0.2) is 4.57 Å². The zero-order chi connectivity index (χ0) is 58.6. The smallest absolute Gasteiger partial charge is 0.266 e. The zero-order valence-electron chi connectivity index (χ0n) is 52.2. The van der Waals surface area contributed by atoms with Crippen LogP contribution in [0.3, 0.4) is 0 Å². The summed E-state index contributed by atoms with van der Waals surface area (Å²) in [6.07, 6.45) is 14.0. The summed E-state index contributed by atoms with van der Waals surface area (Å²) in [7, 11) is -5.25. The van der Waals surface area contributed by atoms with Crippen molar-refractivity contribution in [1.82, 2.24) is 0 Å². The van der Waals surface area contributed by atoms with Crippen LogP contribution in [-0.2, 0) is 34.9 Å². The second kappa shape index (κ2) is 28.1. The molecule has 0 heterocycles. The lowest BCUT2D eigenvalue weighted by molar-refractivity contribution is -0.0181. The van der Waals surface area contributed by atoms with Gasteiger partial charge in [-0.05, 0) is 205 Å². The standard InChI is InChI=1S/C75H99O4P/c1-19-22-25-28-31-64(16)73(67-40-34-52(4)46-58(67)10,68-41-35-53(5)47-59(68)11)77-80(76,78-74(65(17)32-29-26-23-20-2,69-42-36-54(6)48-60(69)12)70-43-37-55(7)49-61(70)13)79-75(66(18)33-30-27-24-21-3,71-44-38-56(8)50-62(71)14)72-45-39-57(9)51-63(72)15/h34-51H,16-33H2,1-15H3. The molecule has 0 spiro atoms. The van der Waals surface area contributed by atoms with Gasteiger partial charge in [0, 0.05) is 0 Å². The molecule has 0 unspecified atom stereocenters. The summed E-state index contributed by atoms with van der Waals surface area (Å²) in [5.41, 5.74) is 15.2. The fourth-order valence-electron chi connectivity index (χ4n) is 12.7. The molecule has 0 saturated heterocycles. The van der Waals surface area contributed by atoms with Crippen LogP contribution in [-0.4, -0.2) is 0 Å². The molecule has 0 atom stereocenters. The first kappa shape index (κ1) is 63.8. The molecule has 0 aliphatic heterocycles. The maximum Gasteiger partial charge on any atom is 0.479 e. The van der Waals surface area contributed by atoms with Crippen LogP contribution in [0.5, 0.6) is 0 Å². The van der Waals surface area contributed by atoms with Crippen molar-refractivity contribution >= 4 is 7.82 Å². The van der Waals surface area contributed by atoms with Crippen LogP contribution in [0.4, 0.5) is 0 Å². The summed E-state index contributed by atoms with van der Waals surface area (Å²) in [5, 5.41) is 0. The Hall–Kier alpha value is -5.35. The van der Waals surface area contributed by atoms with Gasteiger partial charge in [0.05, 0.1) is 0 Å². The number of phosphoric acid groups is 1. The number of phosphoric ester groups is 1. The minimum absolute atomic E-state index is 0.605. The van der Waals surface area contributed by atoms with Crippen LogP contribution in [0, 0.1) is 83.1 Å². The lowest BCUT2D eigenvalue weighted by Crippen LogP contribution is -2.41. The van der Waals surface area contributed by atoms with E-state index in [1.807, 2.05) is 0 Å². The van der Waals surface area contributed by atoms with E-state index < -0.39 is 24.6 Å². The van der Waals surface area contributed by atoms with Crippen molar-refractivity contribution in [3.8, 4) is 0 Å². The average Bonchev–Trinajstić information content (AvgIpc) is 3.53. The number of hydrogen-bond donors (Lipinski definition) is 0. The van der Waals surface area contributed by atoms with E-state index in [9.17, 15) is 0 Å². The minimum Gasteiger partial charge on any atom is -0.266 e. The predicted molar refractivity (Wildman–Crippen MR) is 342 cm³/mol. The molecule has 5 heteroatoms. The molecule has 0 amide bonds. The molecule has 0 fully saturated rings. The highest BCUT2D eigenvalue weighted by Gasteiger charge is 2.58. The summed E-state index contributed by atoms with van der Waals surface area (Å²) in [5.74, 6) is 0. The van der Waals surface area contributed by atoms with Crippen LogP contribution < -0.4 is 0 Å². The van der Waals surface area contributed by atoms with Gasteiger partial charge in [-0.2, -0.15) is 0 Å². The Bertz CT molecular complexity index is 2700. The van der Waals surface area contributed by atoms with E-state index >= 15 is 4.57 Å². The maximum atomic E-state index is 19.0. The van der Waals surface area contributed by atoms with Gasteiger partial charge in [0.2, 0.25) is 0 Å². The molecule has 6 aromatic carbocycles. The van der Waals surface area contributed by atoms with Crippen molar-refractivity contribution in [2.45, 2.75) is 217 Å². The van der Waals surface area contributed by atoms with Gasteiger partial charge in [-0.3, -0.25) is 13.6 Å². The highest BCUT2D eigenvalue weighted by Crippen LogP contribution is 2.69. The molecule has 80 heavy (non-hydrogen) atoms. The molecule has 4 nitrogen and oxygen atoms in total. The van der Waals surface area contributed by atoms with Crippen LogP contribution in [0.15, 0.2) is 146 Å². The average molecular weight is 1100 g/mol. The van der Waals surface area contributed by atoms with Gasteiger partial charge in [0.25, 0.3) is 0 Å². The molecular formula is C75H99O4P. The Kier molecular flexibility index (Phi) is 22.4. The highest BCUT2D eigenvalue weighted by molar-refractivity contribution is 7.48. The summed E-state index contributed by atoms with van der Waals surface area (Å²) < 4.78 is 44.0. The lowest BCUT2D eigenvalue weighted by atomic mass is 9.75. The minimum atomic E-state index is -5.25. The van der Waals surface area contributed by atoms with E-state index in [0.717, 1.165) is 194 Å². The number of benzene rings is 6. The van der Waals surface area contributed by atoms with E-state index in [0.29, 0.717) is 19.3 Å². The molecule has 0 saturated carbocycles. The fraction of sp³-hybridized carbons (Fsp3) is 0.440. The van der Waals surface area contributed by atoms with Gasteiger partial charge in [0.1, 0.15) is 0 Å². The molecule has 0 aliphatic carbocycles. The predicted octanol–water partition coefficient (Wildman–Crippen LogP) is 22.3. The van der Waals surface area contributed by atoms with Crippen LogP contribution in [0.2, 0.25) is 0 Å². The van der Waals surface area contributed by atoms with Crippen molar-refractivity contribution < 1.29 is 18.1 Å². The Morgan fingerprint density at radius 1 is 0.325 bits per heavy atom. The molecule has 0 N–H and O–H groups in total. The first-order valence-electron chi connectivity index (χ1n) is 30.3. The second-order valence-corrected chi connectivity index (χ2v) is 25.4. The molecule has 6 aromatic rings. The second-order valence-electron chi connectivity index (χ2n) is 23.9. The lowest BCUT2D eigenvalue weighted by Gasteiger charge is -2.48. The van der Waals surface area contributed by atoms with Crippen molar-refractivity contribution in [3.05, 3.63) is 246 Å². The Balaban J connectivity index is 1.92. The monoisotopic (exact) mass is 1090 g/mol. The number of unbranched alkanes of at least 4 members (excludes halogenated alkanes) is 9. The fourth-order valence-corrected chi connectivity index (χ4v) is 14.8. The molecular weight excluding hydrogens is 996 g/mol. The van der Waals surface area contributed by atoms with Crippen LogP contribution in [0.1, 0.15) is 217 Å². The van der Waals surface area contributed by atoms with Gasteiger partial charge in [-0.1, -0.05) is 241 Å². The third kappa shape index (κ3) is 14.1. The van der Waals surface area contributed by atoms with Gasteiger partial charge < -0.3 is 0 Å². The Morgan fingerprint density at radius 2 is 0.512 bits per heavy atom. The van der Waals surface area contributed by atoms with Crippen LogP contribution in [0.25, 0.3) is 0 Å². The Labute approximate surface area is 486 Å². The quantitative estimate of drug-likeness (QED) is 0.0256. The highest BCUT2D eigenvalue weighted by atomic mass is 31.2. The molecule has 0 aromatic heterocycles. The summed E-state index contributed by atoms with van der Waals surface area (Å²) in [6, 6.07) is 39.0. The number of rotatable bonds is 30. The van der Waals surface area contributed by atoms with Crippen molar-refractivity contribution in [1.29, 1.82) is 0 Å². The molecule has 6 rings (SSSR count). The third-order valence-corrected chi connectivity index (χ3v) is 18.3. The first-order chi connectivity index (χ1) is 38.0. The number of hydrogen-bond acceptors (Lipinski definition) is 4. The van der Waals surface area contributed by atoms with Crippen molar-refractivity contribution in [2.75, 3.05) is 0 Å². The summed E-state index contributed by atoms with van der Waals surface area (Å²) in [6.45, 7) is 47.6. The van der Waals surface area contributed by atoms with Gasteiger partial charge in [0.15, 0.2) is 16.8 Å². The SMILES string of the molecule is C=C(CCCCCC)C(OP(=O)(OC(C(=C)CCCCCC)(c1ccc(C)cc1C)c1ccc(C)cc1C)OC(C(=C)CCCCCC)(c1ccc(C)cc1C)c1ccc(C)cc1C)(c1ccc(C)cc1C)c1ccc(C)cc1C. The van der Waals surface area contributed by atoms with E-state index in [1.165, 1.54) is 0 Å². The molecule has 0 bridgehead atoms. The van der Waals surface area contributed by atoms with Gasteiger partial charge in [-0.15, -0.1) is 0 Å². The van der Waals surface area contributed by atoms with E-state index in [1.54, 1.807) is 0 Å². The van der Waals surface area contributed by atoms with E-state index in [2.05, 4.69) is 213 Å². The van der Waals surface area contributed by atoms with E-state index in [-0.39, 0.29) is 0 Å². The van der Waals surface area contributed by atoms with Crippen LogP contribution >= 0.6 is 7.82 Å². The van der Waals surface area contributed by atoms with Gasteiger partial charge >= 0.3 is 7.82 Å². The molecule has 0 radical (unpaired) electrons. The first-order valence-corrected chi connectivity index (χ1v) is 31.7. The third-order valence-electron chi connectivity index (χ3n) is 16.8. The topological polar surface area (TPSA) is 44.8 Å².